The summed E-state index contributed by atoms with van der Waals surface area (Å²) in [6.45, 7) is 0. The summed E-state index contributed by atoms with van der Waals surface area (Å²) >= 11 is 0. The average Bonchev–Trinajstić information content (AvgIpc) is 2.91. The molecule has 21 heavy (non-hydrogen) atoms. The lowest BCUT2D eigenvalue weighted by atomic mass is 10.1. The predicted octanol–water partition coefficient (Wildman–Crippen LogP) is 3.04. The number of hydrogen-bond acceptors (Lipinski definition) is 2. The number of rotatable bonds is 4. The molecule has 2 aromatic carbocycles. The molecular formula is C18H19NO2. The van der Waals surface area contributed by atoms with Gasteiger partial charge in [-0.1, -0.05) is 42.5 Å². The summed E-state index contributed by atoms with van der Waals surface area (Å²) < 4.78 is 5.29. The Bertz CT molecular complexity index is 651. The summed E-state index contributed by atoms with van der Waals surface area (Å²) in [5, 5.41) is 3.14. The molecule has 1 aliphatic rings. The van der Waals surface area contributed by atoms with E-state index in [9.17, 15) is 4.79 Å². The SMILES string of the molecule is COc1ccccc1CC(=O)NC1CCc2ccccc21. The van der Waals surface area contributed by atoms with Crippen molar-refractivity contribution in [2.24, 2.45) is 0 Å². The van der Waals surface area contributed by atoms with Gasteiger partial charge < -0.3 is 10.1 Å². The standard InChI is InChI=1S/C18H19NO2/c1-21-17-9-5-3-7-14(17)12-18(20)19-16-11-10-13-6-2-4-8-15(13)16/h2-9,16H,10-12H2,1H3,(H,19,20). The minimum atomic E-state index is 0.0428. The lowest BCUT2D eigenvalue weighted by Gasteiger charge is -2.15. The first-order valence-electron chi connectivity index (χ1n) is 7.27. The number of carbonyl (C=O) groups excluding carboxylic acids is 1. The van der Waals surface area contributed by atoms with E-state index >= 15 is 0 Å². The topological polar surface area (TPSA) is 38.3 Å². The van der Waals surface area contributed by atoms with Crippen LogP contribution in [0.4, 0.5) is 0 Å². The highest BCUT2D eigenvalue weighted by molar-refractivity contribution is 5.80. The third-order valence-corrected chi connectivity index (χ3v) is 4.01. The summed E-state index contributed by atoms with van der Waals surface area (Å²) in [7, 11) is 1.63. The minimum Gasteiger partial charge on any atom is -0.496 e. The largest absolute Gasteiger partial charge is 0.496 e. The van der Waals surface area contributed by atoms with Crippen LogP contribution in [-0.2, 0) is 17.6 Å². The highest BCUT2D eigenvalue weighted by atomic mass is 16.5. The molecule has 0 radical (unpaired) electrons. The molecule has 1 unspecified atom stereocenters. The second-order valence-corrected chi connectivity index (χ2v) is 5.35. The van der Waals surface area contributed by atoms with Crippen molar-refractivity contribution >= 4 is 5.91 Å². The van der Waals surface area contributed by atoms with E-state index in [2.05, 4.69) is 23.5 Å². The molecule has 3 nitrogen and oxygen atoms in total. The molecule has 1 atom stereocenters. The van der Waals surface area contributed by atoms with Crippen molar-refractivity contribution in [2.45, 2.75) is 25.3 Å². The monoisotopic (exact) mass is 281 g/mol. The maximum Gasteiger partial charge on any atom is 0.225 e. The zero-order valence-corrected chi connectivity index (χ0v) is 12.1. The molecule has 0 fully saturated rings. The molecule has 0 aliphatic heterocycles. The van der Waals surface area contributed by atoms with Gasteiger partial charge in [-0.2, -0.15) is 0 Å². The highest BCUT2D eigenvalue weighted by Gasteiger charge is 2.23. The van der Waals surface area contributed by atoms with Crippen LogP contribution in [0.1, 0.15) is 29.2 Å². The quantitative estimate of drug-likeness (QED) is 0.935. The molecule has 3 heteroatoms. The summed E-state index contributed by atoms with van der Waals surface area (Å²) in [6, 6.07) is 16.1. The fourth-order valence-corrected chi connectivity index (χ4v) is 2.97. The van der Waals surface area contributed by atoms with Gasteiger partial charge in [0.05, 0.1) is 19.6 Å². The van der Waals surface area contributed by atoms with Crippen LogP contribution in [0.15, 0.2) is 48.5 Å². The van der Waals surface area contributed by atoms with Crippen LogP contribution in [0.2, 0.25) is 0 Å². The number of para-hydroxylation sites is 1. The molecule has 0 spiro atoms. The van der Waals surface area contributed by atoms with Gasteiger partial charge in [-0.25, -0.2) is 0 Å². The maximum atomic E-state index is 12.3. The number of benzene rings is 2. The Morgan fingerprint density at radius 2 is 1.95 bits per heavy atom. The van der Waals surface area contributed by atoms with Crippen molar-refractivity contribution < 1.29 is 9.53 Å². The molecule has 3 rings (SSSR count). The van der Waals surface area contributed by atoms with Gasteiger partial charge in [0, 0.05) is 5.56 Å². The van der Waals surface area contributed by atoms with E-state index in [0.717, 1.165) is 24.2 Å². The van der Waals surface area contributed by atoms with Crippen molar-refractivity contribution in [2.75, 3.05) is 7.11 Å². The first-order valence-corrected chi connectivity index (χ1v) is 7.27. The van der Waals surface area contributed by atoms with Crippen LogP contribution in [0.5, 0.6) is 5.75 Å². The van der Waals surface area contributed by atoms with Crippen LogP contribution in [0.3, 0.4) is 0 Å². The number of nitrogens with one attached hydrogen (secondary N) is 1. The zero-order chi connectivity index (χ0) is 14.7. The Labute approximate surface area is 124 Å². The summed E-state index contributed by atoms with van der Waals surface area (Å²) in [5.41, 5.74) is 3.52. The molecule has 0 saturated heterocycles. The Hall–Kier alpha value is -2.29. The Balaban J connectivity index is 1.68. The van der Waals surface area contributed by atoms with Crippen LogP contribution in [0.25, 0.3) is 0 Å². The number of methoxy groups -OCH3 is 1. The van der Waals surface area contributed by atoms with E-state index in [-0.39, 0.29) is 11.9 Å². The minimum absolute atomic E-state index is 0.0428. The van der Waals surface area contributed by atoms with Crippen LogP contribution in [-0.4, -0.2) is 13.0 Å². The molecule has 2 aromatic rings. The fraction of sp³-hybridized carbons (Fsp3) is 0.278. The number of carbonyl (C=O) groups is 1. The molecule has 1 amide bonds. The number of fused-ring (bicyclic) bond motifs is 1. The number of amides is 1. The molecule has 1 N–H and O–H groups in total. The van der Waals surface area contributed by atoms with Crippen molar-refractivity contribution in [3.63, 3.8) is 0 Å². The molecule has 108 valence electrons. The Kier molecular flexibility index (Phi) is 3.91. The molecular weight excluding hydrogens is 262 g/mol. The van der Waals surface area contributed by atoms with Crippen molar-refractivity contribution in [3.05, 3.63) is 65.2 Å². The first-order chi connectivity index (χ1) is 10.3. The van der Waals surface area contributed by atoms with Crippen molar-refractivity contribution in [1.29, 1.82) is 0 Å². The zero-order valence-electron chi connectivity index (χ0n) is 12.1. The van der Waals surface area contributed by atoms with Crippen LogP contribution in [0, 0.1) is 0 Å². The van der Waals surface area contributed by atoms with Gasteiger partial charge in [0.25, 0.3) is 0 Å². The summed E-state index contributed by atoms with van der Waals surface area (Å²) in [5.74, 6) is 0.806. The highest BCUT2D eigenvalue weighted by Crippen LogP contribution is 2.30. The second-order valence-electron chi connectivity index (χ2n) is 5.35. The van der Waals surface area contributed by atoms with Gasteiger partial charge in [-0.15, -0.1) is 0 Å². The Morgan fingerprint density at radius 1 is 1.19 bits per heavy atom. The molecule has 0 aromatic heterocycles. The van der Waals surface area contributed by atoms with Gasteiger partial charge in [0.15, 0.2) is 0 Å². The van der Waals surface area contributed by atoms with E-state index in [4.69, 9.17) is 4.74 Å². The number of ether oxygens (including phenoxy) is 1. The third-order valence-electron chi connectivity index (χ3n) is 4.01. The molecule has 0 saturated carbocycles. The van der Waals surface area contributed by atoms with Crippen molar-refractivity contribution in [3.8, 4) is 5.75 Å². The van der Waals surface area contributed by atoms with E-state index in [1.54, 1.807) is 7.11 Å². The van der Waals surface area contributed by atoms with Gasteiger partial charge in [-0.3, -0.25) is 4.79 Å². The van der Waals surface area contributed by atoms with Gasteiger partial charge in [0.1, 0.15) is 5.75 Å². The Morgan fingerprint density at radius 3 is 2.81 bits per heavy atom. The summed E-state index contributed by atoms with van der Waals surface area (Å²) in [6.07, 6.45) is 2.37. The fourth-order valence-electron chi connectivity index (χ4n) is 2.97. The molecule has 1 aliphatic carbocycles. The normalized spacial score (nSPS) is 16.3. The van der Waals surface area contributed by atoms with E-state index in [0.29, 0.717) is 6.42 Å². The van der Waals surface area contributed by atoms with Crippen LogP contribution >= 0.6 is 0 Å². The lowest BCUT2D eigenvalue weighted by Crippen LogP contribution is -2.28. The van der Waals surface area contributed by atoms with E-state index in [1.165, 1.54) is 11.1 Å². The number of aryl methyl sites for hydroxylation is 1. The molecule has 0 bridgehead atoms. The number of hydrogen-bond donors (Lipinski definition) is 1. The van der Waals surface area contributed by atoms with E-state index in [1.807, 2.05) is 30.3 Å². The second kappa shape index (κ2) is 6.00. The van der Waals surface area contributed by atoms with Gasteiger partial charge >= 0.3 is 0 Å². The summed E-state index contributed by atoms with van der Waals surface area (Å²) in [4.78, 5) is 12.3. The third kappa shape index (κ3) is 2.92. The van der Waals surface area contributed by atoms with Gasteiger partial charge in [0.2, 0.25) is 5.91 Å². The maximum absolute atomic E-state index is 12.3. The average molecular weight is 281 g/mol. The predicted molar refractivity (Wildman–Crippen MR) is 82.3 cm³/mol. The first kappa shape index (κ1) is 13.7. The van der Waals surface area contributed by atoms with Crippen molar-refractivity contribution in [1.82, 2.24) is 5.32 Å². The lowest BCUT2D eigenvalue weighted by molar-refractivity contribution is -0.121. The van der Waals surface area contributed by atoms with Gasteiger partial charge in [-0.05, 0) is 30.0 Å². The molecule has 0 heterocycles. The van der Waals surface area contributed by atoms with Crippen LogP contribution < -0.4 is 10.1 Å². The van der Waals surface area contributed by atoms with E-state index < -0.39 is 0 Å². The smallest absolute Gasteiger partial charge is 0.225 e.